The van der Waals surface area contributed by atoms with E-state index in [-0.39, 0.29) is 42.8 Å². The number of hydrogen-bond acceptors (Lipinski definition) is 8. The first kappa shape index (κ1) is 24.0. The zero-order valence-corrected chi connectivity index (χ0v) is 16.3. The molecule has 0 radical (unpaired) electrons. The van der Waals surface area contributed by atoms with E-state index in [1.165, 1.54) is 7.05 Å². The van der Waals surface area contributed by atoms with E-state index >= 15 is 0 Å². The van der Waals surface area contributed by atoms with Crippen LogP contribution in [0.5, 0.6) is 0 Å². The van der Waals surface area contributed by atoms with Gasteiger partial charge in [-0.25, -0.2) is 17.9 Å². The minimum absolute atomic E-state index is 0.0475. The lowest BCUT2D eigenvalue weighted by atomic mass is 10.2. The quantitative estimate of drug-likeness (QED) is 0.180. The molecule has 0 spiro atoms. The predicted molar refractivity (Wildman–Crippen MR) is 98.3 cm³/mol. The van der Waals surface area contributed by atoms with Crippen LogP contribution in [0.25, 0.3) is 0 Å². The minimum Gasteiger partial charge on any atom is -0.479 e. The molecule has 0 heterocycles. The lowest BCUT2D eigenvalue weighted by Gasteiger charge is -2.14. The molecule has 12 nitrogen and oxygen atoms in total. The summed E-state index contributed by atoms with van der Waals surface area (Å²) in [5, 5.41) is 22.0. The summed E-state index contributed by atoms with van der Waals surface area (Å²) in [7, 11) is -2.54. The average molecular weight is 431 g/mol. The molecule has 0 unspecified atom stereocenters. The molecule has 1 amide bonds. The zero-order chi connectivity index (χ0) is 22.0. The van der Waals surface area contributed by atoms with Gasteiger partial charge in [0, 0.05) is 32.1 Å². The number of esters is 1. The summed E-state index contributed by atoms with van der Waals surface area (Å²) in [4.78, 5) is 43.6. The van der Waals surface area contributed by atoms with Crippen LogP contribution in [0, 0.1) is 10.1 Å². The highest BCUT2D eigenvalue weighted by Crippen LogP contribution is 2.15. The third-order valence-corrected chi connectivity index (χ3v) is 5.15. The van der Waals surface area contributed by atoms with Crippen molar-refractivity contribution < 1.29 is 37.6 Å². The molecule has 0 aliphatic rings. The molecule has 29 heavy (non-hydrogen) atoms. The number of rotatable bonds is 12. The molecule has 0 saturated heterocycles. The van der Waals surface area contributed by atoms with E-state index in [9.17, 15) is 32.9 Å². The molecular weight excluding hydrogens is 410 g/mol. The molecule has 0 saturated carbocycles. The number of nitrogens with one attached hydrogen (secondary N) is 2. The Bertz CT molecular complexity index is 853. The van der Waals surface area contributed by atoms with Crippen molar-refractivity contribution >= 4 is 33.6 Å². The van der Waals surface area contributed by atoms with Gasteiger partial charge in [-0.1, -0.05) is 0 Å². The van der Waals surface area contributed by atoms with E-state index in [1.807, 2.05) is 0 Å². The lowest BCUT2D eigenvalue weighted by molar-refractivity contribution is -0.384. The number of nitro benzene ring substituents is 1. The number of hydrogen-bond donors (Lipinski definition) is 3. The second kappa shape index (κ2) is 11.1. The third-order valence-electron chi connectivity index (χ3n) is 3.68. The van der Waals surface area contributed by atoms with Crippen molar-refractivity contribution in [1.29, 1.82) is 0 Å². The van der Waals surface area contributed by atoms with Crippen molar-refractivity contribution in [3.8, 4) is 0 Å². The fraction of sp³-hybridized carbons (Fsp3) is 0.438. The van der Waals surface area contributed by atoms with Crippen molar-refractivity contribution in [1.82, 2.24) is 10.0 Å². The number of sulfonamides is 1. The topological polar surface area (TPSA) is 182 Å². The molecule has 0 aliphatic heterocycles. The lowest BCUT2D eigenvalue weighted by Crippen LogP contribution is -2.30. The van der Waals surface area contributed by atoms with Crippen LogP contribution >= 0.6 is 0 Å². The Hall–Kier alpha value is -3.06. The SMILES string of the molecule is CNC(=O)CCC(=O)O[C@@H](CCCNS(=O)(=O)c1ccc([N+](=O)[O-])cc1)C(=O)O. The number of amides is 1. The van der Waals surface area contributed by atoms with Crippen LogP contribution in [0.3, 0.4) is 0 Å². The van der Waals surface area contributed by atoms with Crippen LogP contribution in [0.15, 0.2) is 29.2 Å². The second-order valence-electron chi connectivity index (χ2n) is 5.78. The van der Waals surface area contributed by atoms with Crippen molar-refractivity contribution in [2.45, 2.75) is 36.7 Å². The maximum atomic E-state index is 12.1. The van der Waals surface area contributed by atoms with Gasteiger partial charge in [-0.2, -0.15) is 0 Å². The zero-order valence-electron chi connectivity index (χ0n) is 15.5. The number of carboxylic acids is 1. The molecule has 0 aliphatic carbocycles. The summed E-state index contributed by atoms with van der Waals surface area (Å²) >= 11 is 0. The number of ether oxygens (including phenoxy) is 1. The van der Waals surface area contributed by atoms with Crippen LogP contribution in [0.1, 0.15) is 25.7 Å². The number of carbonyl (C=O) groups is 3. The van der Waals surface area contributed by atoms with E-state index in [0.29, 0.717) is 0 Å². The van der Waals surface area contributed by atoms with Crippen molar-refractivity contribution in [2.24, 2.45) is 0 Å². The maximum absolute atomic E-state index is 12.1. The Morgan fingerprint density at radius 2 is 1.83 bits per heavy atom. The van der Waals surface area contributed by atoms with E-state index < -0.39 is 38.9 Å². The van der Waals surface area contributed by atoms with Gasteiger partial charge in [0.25, 0.3) is 5.69 Å². The fourth-order valence-corrected chi connectivity index (χ4v) is 3.19. The predicted octanol–water partition coefficient (Wildman–Crippen LogP) is 0.176. The first-order valence-corrected chi connectivity index (χ1v) is 9.92. The maximum Gasteiger partial charge on any atom is 0.345 e. The van der Waals surface area contributed by atoms with E-state index in [4.69, 9.17) is 9.84 Å². The molecule has 0 aromatic heterocycles. The standard InChI is InChI=1S/C16H21N3O9S/c1-17-14(20)8-9-15(21)28-13(16(22)23)3-2-10-18-29(26,27)12-6-4-11(5-7-12)19(24)25/h4-7,13,18H,2-3,8-10H2,1H3,(H,17,20)(H,22,23)/t13-/m0/s1. The van der Waals surface area contributed by atoms with Crippen LogP contribution in [0.4, 0.5) is 5.69 Å². The van der Waals surface area contributed by atoms with Crippen molar-refractivity contribution in [2.75, 3.05) is 13.6 Å². The van der Waals surface area contributed by atoms with Gasteiger partial charge < -0.3 is 15.2 Å². The Balaban J connectivity index is 2.52. The molecule has 160 valence electrons. The summed E-state index contributed by atoms with van der Waals surface area (Å²) in [6.45, 7) is -0.140. The number of nitro groups is 1. The summed E-state index contributed by atoms with van der Waals surface area (Å²) in [6, 6.07) is 4.25. The first-order chi connectivity index (χ1) is 13.6. The van der Waals surface area contributed by atoms with Gasteiger partial charge in [0.1, 0.15) is 0 Å². The molecule has 0 fully saturated rings. The van der Waals surface area contributed by atoms with Gasteiger partial charge >= 0.3 is 11.9 Å². The highest BCUT2D eigenvalue weighted by Gasteiger charge is 2.23. The number of nitrogens with zero attached hydrogens (tertiary/aromatic N) is 1. The van der Waals surface area contributed by atoms with Crippen LogP contribution in [-0.2, 0) is 29.1 Å². The smallest absolute Gasteiger partial charge is 0.345 e. The molecule has 3 N–H and O–H groups in total. The molecule has 1 aromatic rings. The van der Waals surface area contributed by atoms with Gasteiger partial charge in [0.15, 0.2) is 6.10 Å². The Morgan fingerprint density at radius 1 is 1.21 bits per heavy atom. The number of carboxylic acid groups (broad SMARTS) is 1. The molecular formula is C16H21N3O9S. The number of carbonyl (C=O) groups excluding carboxylic acids is 2. The van der Waals surface area contributed by atoms with Crippen molar-refractivity contribution in [3.63, 3.8) is 0 Å². The van der Waals surface area contributed by atoms with E-state index in [1.54, 1.807) is 0 Å². The number of non-ortho nitro benzene ring substituents is 1. The number of benzene rings is 1. The fourth-order valence-electron chi connectivity index (χ4n) is 2.12. The molecule has 1 aromatic carbocycles. The monoisotopic (exact) mass is 431 g/mol. The van der Waals surface area contributed by atoms with Gasteiger partial charge in [-0.3, -0.25) is 19.7 Å². The van der Waals surface area contributed by atoms with E-state index in [0.717, 1.165) is 24.3 Å². The molecule has 0 bridgehead atoms. The largest absolute Gasteiger partial charge is 0.479 e. The molecule has 13 heteroatoms. The van der Waals surface area contributed by atoms with Crippen molar-refractivity contribution in [3.05, 3.63) is 34.4 Å². The molecule has 1 rings (SSSR count). The summed E-state index contributed by atoms with van der Waals surface area (Å²) in [5.74, 6) is -2.64. The highest BCUT2D eigenvalue weighted by molar-refractivity contribution is 7.89. The normalized spacial score (nSPS) is 12.0. The first-order valence-electron chi connectivity index (χ1n) is 8.44. The van der Waals surface area contributed by atoms with Gasteiger partial charge in [-0.15, -0.1) is 0 Å². The van der Waals surface area contributed by atoms with Crippen LogP contribution < -0.4 is 10.0 Å². The van der Waals surface area contributed by atoms with Crippen LogP contribution in [0.2, 0.25) is 0 Å². The van der Waals surface area contributed by atoms with Crippen LogP contribution in [-0.4, -0.2) is 56.0 Å². The highest BCUT2D eigenvalue weighted by atomic mass is 32.2. The van der Waals surface area contributed by atoms with Gasteiger partial charge in [-0.05, 0) is 25.0 Å². The average Bonchev–Trinajstić information content (AvgIpc) is 2.68. The van der Waals surface area contributed by atoms with E-state index in [2.05, 4.69) is 10.0 Å². The summed E-state index contributed by atoms with van der Waals surface area (Å²) in [6.07, 6.45) is -2.00. The number of aliphatic carboxylic acids is 1. The summed E-state index contributed by atoms with van der Waals surface area (Å²) < 4.78 is 31.3. The summed E-state index contributed by atoms with van der Waals surface area (Å²) in [5.41, 5.74) is -0.258. The Labute approximate surface area is 166 Å². The minimum atomic E-state index is -3.94. The Kier molecular flexibility index (Phi) is 9.15. The van der Waals surface area contributed by atoms with Gasteiger partial charge in [0.05, 0.1) is 16.2 Å². The second-order valence-corrected chi connectivity index (χ2v) is 7.55. The Morgan fingerprint density at radius 3 is 2.34 bits per heavy atom. The third kappa shape index (κ3) is 8.23. The molecule has 1 atom stereocenters. The van der Waals surface area contributed by atoms with Gasteiger partial charge in [0.2, 0.25) is 15.9 Å².